The van der Waals surface area contributed by atoms with E-state index in [4.69, 9.17) is 18.9 Å². The normalized spacial score (nSPS) is 12.5. The van der Waals surface area contributed by atoms with Gasteiger partial charge < -0.3 is 29.0 Å². The topological polar surface area (TPSA) is 112 Å². The van der Waals surface area contributed by atoms with E-state index in [0.29, 0.717) is 40.4 Å². The number of aromatic nitrogens is 2. The SMILES string of the molecule is COc1ccc(CN(Cc2cccc(Oc3ccc(C(=O)O)cc3)c2OC)C(=O)c2cc(C3CC3)nn2C)c(OC)c1. The highest BCUT2D eigenvalue weighted by atomic mass is 16.5. The van der Waals surface area contributed by atoms with Crippen LogP contribution in [0, 0.1) is 0 Å². The smallest absolute Gasteiger partial charge is 0.335 e. The van der Waals surface area contributed by atoms with Crippen LogP contribution in [0.3, 0.4) is 0 Å². The molecule has 1 amide bonds. The molecule has 42 heavy (non-hydrogen) atoms. The second kappa shape index (κ2) is 12.3. The third kappa shape index (κ3) is 6.17. The molecule has 3 aromatic carbocycles. The molecule has 1 saturated carbocycles. The van der Waals surface area contributed by atoms with E-state index in [9.17, 15) is 14.7 Å². The molecule has 1 fully saturated rings. The maximum atomic E-state index is 14.1. The molecule has 10 heteroatoms. The van der Waals surface area contributed by atoms with Crippen LogP contribution in [0.4, 0.5) is 0 Å². The zero-order valence-electron chi connectivity index (χ0n) is 24.0. The summed E-state index contributed by atoms with van der Waals surface area (Å²) >= 11 is 0. The lowest BCUT2D eigenvalue weighted by atomic mass is 10.1. The van der Waals surface area contributed by atoms with Gasteiger partial charge in [0.2, 0.25) is 0 Å². The number of carboxylic acids is 1. The number of amides is 1. The molecule has 218 valence electrons. The third-order valence-electron chi connectivity index (χ3n) is 7.21. The number of para-hydroxylation sites is 1. The van der Waals surface area contributed by atoms with Gasteiger partial charge in [-0.15, -0.1) is 0 Å². The van der Waals surface area contributed by atoms with Crippen molar-refractivity contribution in [3.05, 3.63) is 94.8 Å². The van der Waals surface area contributed by atoms with Gasteiger partial charge >= 0.3 is 5.97 Å². The highest BCUT2D eigenvalue weighted by Gasteiger charge is 2.30. The largest absolute Gasteiger partial charge is 0.497 e. The van der Waals surface area contributed by atoms with Crippen molar-refractivity contribution in [2.24, 2.45) is 7.05 Å². The first-order valence-corrected chi connectivity index (χ1v) is 13.5. The zero-order chi connectivity index (χ0) is 29.8. The standard InChI is InChI=1S/C32H33N3O7/c1-34-27(17-26(33-34)20-8-9-20)31(36)35(18-22-12-15-25(39-2)16-29(22)40-3)19-23-6-5-7-28(30(23)41-4)42-24-13-10-21(11-14-24)32(37)38/h5-7,10-17,20H,8-9,18-19H2,1-4H3,(H,37,38). The number of carboxylic acid groups (broad SMARTS) is 1. The molecule has 1 N–H and O–H groups in total. The molecule has 0 bridgehead atoms. The number of carbonyl (C=O) groups is 2. The summed E-state index contributed by atoms with van der Waals surface area (Å²) in [5, 5.41) is 13.8. The van der Waals surface area contributed by atoms with Gasteiger partial charge in [-0.2, -0.15) is 5.10 Å². The third-order valence-corrected chi connectivity index (χ3v) is 7.21. The Balaban J connectivity index is 1.48. The summed E-state index contributed by atoms with van der Waals surface area (Å²) in [6.07, 6.45) is 2.17. The molecule has 1 aromatic heterocycles. The zero-order valence-corrected chi connectivity index (χ0v) is 24.0. The Morgan fingerprint density at radius 1 is 0.881 bits per heavy atom. The highest BCUT2D eigenvalue weighted by Crippen LogP contribution is 2.40. The van der Waals surface area contributed by atoms with Gasteiger partial charge in [0, 0.05) is 30.2 Å². The molecule has 4 aromatic rings. The Hall–Kier alpha value is -4.99. The summed E-state index contributed by atoms with van der Waals surface area (Å²) in [7, 11) is 6.50. The monoisotopic (exact) mass is 571 g/mol. The molecule has 1 heterocycles. The molecule has 1 aliphatic carbocycles. The number of nitrogens with zero attached hydrogens (tertiary/aromatic N) is 3. The number of aromatic carboxylic acids is 1. The molecular formula is C32H33N3O7. The first-order chi connectivity index (χ1) is 20.3. The van der Waals surface area contributed by atoms with Crippen LogP contribution in [-0.4, -0.2) is 53.0 Å². The minimum absolute atomic E-state index is 0.159. The number of aryl methyl sites for hydroxylation is 1. The molecule has 0 aliphatic heterocycles. The quantitative estimate of drug-likeness (QED) is 0.232. The summed E-state index contributed by atoms with van der Waals surface area (Å²) in [5.74, 6) is 1.80. The average Bonchev–Trinajstić information content (AvgIpc) is 3.78. The number of rotatable bonds is 12. The molecule has 0 unspecified atom stereocenters. The second-order valence-electron chi connectivity index (χ2n) is 10.1. The summed E-state index contributed by atoms with van der Waals surface area (Å²) in [4.78, 5) is 27.0. The first kappa shape index (κ1) is 28.5. The molecular weight excluding hydrogens is 538 g/mol. The fraction of sp³-hybridized carbons (Fsp3) is 0.281. The predicted octanol–water partition coefficient (Wildman–Crippen LogP) is 5.66. The maximum absolute atomic E-state index is 14.1. The van der Waals surface area contributed by atoms with E-state index in [1.807, 2.05) is 30.3 Å². The van der Waals surface area contributed by atoms with Gasteiger partial charge in [-0.25, -0.2) is 4.79 Å². The van der Waals surface area contributed by atoms with E-state index in [1.54, 1.807) is 62.2 Å². The van der Waals surface area contributed by atoms with Crippen molar-refractivity contribution in [3.63, 3.8) is 0 Å². The van der Waals surface area contributed by atoms with Gasteiger partial charge in [-0.3, -0.25) is 9.48 Å². The van der Waals surface area contributed by atoms with Crippen molar-refractivity contribution in [2.45, 2.75) is 31.8 Å². The Morgan fingerprint density at radius 3 is 2.24 bits per heavy atom. The minimum atomic E-state index is -1.02. The van der Waals surface area contributed by atoms with E-state index in [-0.39, 0.29) is 24.6 Å². The van der Waals surface area contributed by atoms with Crippen LogP contribution in [0.2, 0.25) is 0 Å². The molecule has 1 aliphatic rings. The van der Waals surface area contributed by atoms with Crippen LogP contribution in [-0.2, 0) is 20.1 Å². The summed E-state index contributed by atoms with van der Waals surface area (Å²) in [6, 6.07) is 19.0. The Morgan fingerprint density at radius 2 is 1.60 bits per heavy atom. The van der Waals surface area contributed by atoms with Crippen LogP contribution in [0.5, 0.6) is 28.7 Å². The summed E-state index contributed by atoms with van der Waals surface area (Å²) in [5.41, 5.74) is 3.12. The van der Waals surface area contributed by atoms with Crippen molar-refractivity contribution in [3.8, 4) is 28.7 Å². The summed E-state index contributed by atoms with van der Waals surface area (Å²) in [6.45, 7) is 0.455. The van der Waals surface area contributed by atoms with Crippen molar-refractivity contribution in [1.82, 2.24) is 14.7 Å². The average molecular weight is 572 g/mol. The highest BCUT2D eigenvalue weighted by molar-refractivity contribution is 5.93. The van der Waals surface area contributed by atoms with E-state index < -0.39 is 5.97 Å². The minimum Gasteiger partial charge on any atom is -0.497 e. The van der Waals surface area contributed by atoms with Crippen molar-refractivity contribution in [2.75, 3.05) is 21.3 Å². The van der Waals surface area contributed by atoms with Crippen LogP contribution >= 0.6 is 0 Å². The number of hydrogen-bond acceptors (Lipinski definition) is 7. The summed E-state index contributed by atoms with van der Waals surface area (Å²) < 4.78 is 24.5. The van der Waals surface area contributed by atoms with Gasteiger partial charge in [0.15, 0.2) is 11.5 Å². The first-order valence-electron chi connectivity index (χ1n) is 13.5. The maximum Gasteiger partial charge on any atom is 0.335 e. The molecule has 0 radical (unpaired) electrons. The van der Waals surface area contributed by atoms with Gasteiger partial charge in [0.05, 0.1) is 45.7 Å². The number of benzene rings is 3. The lowest BCUT2D eigenvalue weighted by Gasteiger charge is -2.25. The van der Waals surface area contributed by atoms with Gasteiger partial charge in [0.1, 0.15) is 22.9 Å². The lowest BCUT2D eigenvalue weighted by molar-refractivity contribution is 0.0693. The van der Waals surface area contributed by atoms with Crippen LogP contribution in [0.1, 0.15) is 56.4 Å². The Kier molecular flexibility index (Phi) is 8.33. The lowest BCUT2D eigenvalue weighted by Crippen LogP contribution is -2.32. The number of carbonyl (C=O) groups excluding carboxylic acids is 1. The Labute approximate surface area is 244 Å². The van der Waals surface area contributed by atoms with Gasteiger partial charge in [-0.05, 0) is 61.4 Å². The fourth-order valence-corrected chi connectivity index (χ4v) is 4.81. The molecule has 5 rings (SSSR count). The van der Waals surface area contributed by atoms with E-state index in [1.165, 1.54) is 12.1 Å². The fourth-order valence-electron chi connectivity index (χ4n) is 4.81. The van der Waals surface area contributed by atoms with Gasteiger partial charge in [-0.1, -0.05) is 12.1 Å². The van der Waals surface area contributed by atoms with E-state index >= 15 is 0 Å². The second-order valence-corrected chi connectivity index (χ2v) is 10.1. The van der Waals surface area contributed by atoms with Crippen molar-refractivity contribution >= 4 is 11.9 Å². The Bertz CT molecular complexity index is 1590. The van der Waals surface area contributed by atoms with Crippen molar-refractivity contribution in [1.29, 1.82) is 0 Å². The molecule has 0 saturated heterocycles. The predicted molar refractivity (Wildman–Crippen MR) is 155 cm³/mol. The van der Waals surface area contributed by atoms with Crippen LogP contribution in [0.15, 0.2) is 66.7 Å². The van der Waals surface area contributed by atoms with E-state index in [2.05, 4.69) is 5.10 Å². The van der Waals surface area contributed by atoms with E-state index in [0.717, 1.165) is 29.7 Å². The van der Waals surface area contributed by atoms with Crippen LogP contribution in [0.25, 0.3) is 0 Å². The molecule has 10 nitrogen and oxygen atoms in total. The number of methoxy groups -OCH3 is 3. The molecule has 0 atom stereocenters. The van der Waals surface area contributed by atoms with Crippen molar-refractivity contribution < 1.29 is 33.6 Å². The number of hydrogen-bond donors (Lipinski definition) is 1. The molecule has 0 spiro atoms. The van der Waals surface area contributed by atoms with Gasteiger partial charge in [0.25, 0.3) is 5.91 Å². The van der Waals surface area contributed by atoms with Crippen LogP contribution < -0.4 is 18.9 Å². The number of ether oxygens (including phenoxy) is 4.